The highest BCUT2D eigenvalue weighted by Gasteiger charge is 2.29. The minimum atomic E-state index is -0.901. The Morgan fingerprint density at radius 3 is 2.71 bits per heavy atom. The Labute approximate surface area is 147 Å². The highest BCUT2D eigenvalue weighted by molar-refractivity contribution is 6.34. The van der Waals surface area contributed by atoms with Crippen molar-refractivity contribution in [1.29, 1.82) is 0 Å². The van der Waals surface area contributed by atoms with Crippen LogP contribution < -0.4 is 5.73 Å². The number of benzene rings is 1. The fourth-order valence-electron chi connectivity index (χ4n) is 2.85. The molecule has 1 heterocycles. The van der Waals surface area contributed by atoms with Gasteiger partial charge in [-0.15, -0.1) is 0 Å². The van der Waals surface area contributed by atoms with E-state index in [1.807, 2.05) is 30.5 Å². The van der Waals surface area contributed by atoms with Gasteiger partial charge in [-0.25, -0.2) is 0 Å². The maximum atomic E-state index is 11.6. The molecule has 1 atom stereocenters. The second-order valence-corrected chi connectivity index (χ2v) is 6.96. The van der Waals surface area contributed by atoms with Gasteiger partial charge in [0.2, 0.25) is 0 Å². The van der Waals surface area contributed by atoms with E-state index in [-0.39, 0.29) is 12.4 Å². The van der Waals surface area contributed by atoms with Crippen LogP contribution in [0.1, 0.15) is 43.4 Å². The molecule has 0 aliphatic heterocycles. The summed E-state index contributed by atoms with van der Waals surface area (Å²) in [6, 6.07) is 9.79. The topological polar surface area (TPSA) is 65.2 Å². The number of pyridine rings is 1. The Kier molecular flexibility index (Phi) is 4.61. The molecule has 0 unspecified atom stereocenters. The minimum absolute atomic E-state index is 0.0611. The molecular formula is C19H21ClN2O2. The first-order valence-electron chi connectivity index (χ1n) is 8.03. The third kappa shape index (κ3) is 3.45. The second kappa shape index (κ2) is 6.54. The third-order valence-corrected chi connectivity index (χ3v) is 4.85. The van der Waals surface area contributed by atoms with Gasteiger partial charge in [0.1, 0.15) is 0 Å². The lowest BCUT2D eigenvalue weighted by molar-refractivity contribution is -0.141. The summed E-state index contributed by atoms with van der Waals surface area (Å²) in [5.41, 5.74) is 9.10. The molecule has 1 saturated carbocycles. The van der Waals surface area contributed by atoms with Crippen molar-refractivity contribution in [3.05, 3.63) is 52.8 Å². The van der Waals surface area contributed by atoms with Gasteiger partial charge in [0.05, 0.1) is 24.1 Å². The first-order chi connectivity index (χ1) is 11.4. The number of methoxy groups -OCH3 is 1. The van der Waals surface area contributed by atoms with E-state index in [4.69, 9.17) is 22.1 Å². The van der Waals surface area contributed by atoms with Crippen molar-refractivity contribution in [1.82, 2.24) is 4.98 Å². The van der Waals surface area contributed by atoms with Crippen molar-refractivity contribution in [2.24, 2.45) is 5.73 Å². The van der Waals surface area contributed by atoms with Gasteiger partial charge < -0.3 is 10.5 Å². The minimum Gasteiger partial charge on any atom is -0.469 e. The quantitative estimate of drug-likeness (QED) is 0.832. The van der Waals surface area contributed by atoms with Crippen LogP contribution in [0.5, 0.6) is 0 Å². The van der Waals surface area contributed by atoms with Gasteiger partial charge in [0.25, 0.3) is 0 Å². The second-order valence-electron chi connectivity index (χ2n) is 6.58. The van der Waals surface area contributed by atoms with Gasteiger partial charge in [-0.2, -0.15) is 0 Å². The number of aromatic nitrogens is 1. The summed E-state index contributed by atoms with van der Waals surface area (Å²) in [5, 5.41) is 0.548. The van der Waals surface area contributed by atoms with Crippen molar-refractivity contribution in [2.75, 3.05) is 7.11 Å². The maximum Gasteiger partial charge on any atom is 0.307 e. The van der Waals surface area contributed by atoms with E-state index < -0.39 is 5.54 Å². The number of rotatable bonds is 5. The fraction of sp³-hybridized carbons (Fsp3) is 0.368. The van der Waals surface area contributed by atoms with E-state index in [1.165, 1.54) is 20.0 Å². The number of nitrogens with zero attached hydrogens (tertiary/aromatic N) is 1. The smallest absolute Gasteiger partial charge is 0.307 e. The summed E-state index contributed by atoms with van der Waals surface area (Å²) in [5.74, 6) is 0.255. The van der Waals surface area contributed by atoms with Gasteiger partial charge in [0.15, 0.2) is 0 Å². The summed E-state index contributed by atoms with van der Waals surface area (Å²) in [6.45, 7) is 1.78. The number of ether oxygens (including phenoxy) is 1. The largest absolute Gasteiger partial charge is 0.469 e. The van der Waals surface area contributed by atoms with Gasteiger partial charge >= 0.3 is 5.97 Å². The third-order valence-electron chi connectivity index (χ3n) is 4.45. The standard InChI is InChI=1S/C19H21ClN2O2/c1-19(21,10-17(23)24-2)15-5-3-4-14(18(15)20)13-8-9-16(22-11-13)12-6-7-12/h3-5,8-9,11-12H,6-7,10,21H2,1-2H3/t19-/m0/s1. The van der Waals surface area contributed by atoms with Crippen molar-refractivity contribution < 1.29 is 9.53 Å². The number of nitrogens with two attached hydrogens (primary N) is 1. The van der Waals surface area contributed by atoms with E-state index in [0.29, 0.717) is 10.9 Å². The summed E-state index contributed by atoms with van der Waals surface area (Å²) in [6.07, 6.45) is 4.36. The molecule has 0 spiro atoms. The van der Waals surface area contributed by atoms with Gasteiger partial charge in [-0.05, 0) is 31.4 Å². The fourth-order valence-corrected chi connectivity index (χ4v) is 3.30. The molecular weight excluding hydrogens is 324 g/mol. The summed E-state index contributed by atoms with van der Waals surface area (Å²) in [4.78, 5) is 16.2. The first-order valence-corrected chi connectivity index (χ1v) is 8.41. The Morgan fingerprint density at radius 2 is 2.12 bits per heavy atom. The van der Waals surface area contributed by atoms with E-state index in [1.54, 1.807) is 6.92 Å². The molecule has 5 heteroatoms. The van der Waals surface area contributed by atoms with E-state index in [9.17, 15) is 4.79 Å². The lowest BCUT2D eigenvalue weighted by Gasteiger charge is -2.26. The molecule has 1 aliphatic rings. The molecule has 2 aromatic rings. The average molecular weight is 345 g/mol. The predicted octanol–water partition coefficient (Wildman–Crippen LogP) is 4.02. The van der Waals surface area contributed by atoms with Crippen LogP contribution in [0.4, 0.5) is 0 Å². The molecule has 4 nitrogen and oxygen atoms in total. The van der Waals surface area contributed by atoms with Crippen LogP contribution in [-0.4, -0.2) is 18.1 Å². The summed E-state index contributed by atoms with van der Waals surface area (Å²) in [7, 11) is 1.35. The molecule has 1 aromatic carbocycles. The van der Waals surface area contributed by atoms with Crippen molar-refractivity contribution in [3.63, 3.8) is 0 Å². The number of carbonyl (C=O) groups excluding carboxylic acids is 1. The Balaban J connectivity index is 1.94. The van der Waals surface area contributed by atoms with Crippen LogP contribution in [0.25, 0.3) is 11.1 Å². The Hall–Kier alpha value is -1.91. The predicted molar refractivity (Wildman–Crippen MR) is 94.8 cm³/mol. The molecule has 0 bridgehead atoms. The van der Waals surface area contributed by atoms with Crippen molar-refractivity contribution >= 4 is 17.6 Å². The molecule has 1 aliphatic carbocycles. The highest BCUT2D eigenvalue weighted by Crippen LogP contribution is 2.40. The monoisotopic (exact) mass is 344 g/mol. The van der Waals surface area contributed by atoms with Crippen LogP contribution in [0, 0.1) is 0 Å². The van der Waals surface area contributed by atoms with Gasteiger partial charge in [-0.1, -0.05) is 35.9 Å². The normalized spacial score (nSPS) is 16.5. The van der Waals surface area contributed by atoms with Crippen molar-refractivity contribution in [3.8, 4) is 11.1 Å². The molecule has 0 amide bonds. The number of hydrogen-bond donors (Lipinski definition) is 1. The summed E-state index contributed by atoms with van der Waals surface area (Å²) >= 11 is 6.61. The lowest BCUT2D eigenvalue weighted by Crippen LogP contribution is -2.36. The van der Waals surface area contributed by atoms with Crippen LogP contribution in [-0.2, 0) is 15.1 Å². The number of esters is 1. The number of hydrogen-bond acceptors (Lipinski definition) is 4. The zero-order valence-electron chi connectivity index (χ0n) is 13.9. The van der Waals surface area contributed by atoms with Crippen LogP contribution in [0.2, 0.25) is 5.02 Å². The van der Waals surface area contributed by atoms with Gasteiger partial charge in [0, 0.05) is 28.9 Å². The Bertz CT molecular complexity index is 752. The lowest BCUT2D eigenvalue weighted by atomic mass is 9.87. The highest BCUT2D eigenvalue weighted by atomic mass is 35.5. The zero-order chi connectivity index (χ0) is 17.3. The molecule has 1 fully saturated rings. The van der Waals surface area contributed by atoms with Crippen LogP contribution >= 0.6 is 11.6 Å². The molecule has 0 radical (unpaired) electrons. The summed E-state index contributed by atoms with van der Waals surface area (Å²) < 4.78 is 4.73. The number of halogens is 1. The van der Waals surface area contributed by atoms with Gasteiger partial charge in [-0.3, -0.25) is 9.78 Å². The molecule has 0 saturated heterocycles. The number of carbonyl (C=O) groups is 1. The zero-order valence-corrected chi connectivity index (χ0v) is 14.6. The molecule has 2 N–H and O–H groups in total. The van der Waals surface area contributed by atoms with E-state index >= 15 is 0 Å². The SMILES string of the molecule is COC(=O)C[C@](C)(N)c1cccc(-c2ccc(C3CC3)nc2)c1Cl. The molecule has 1 aromatic heterocycles. The van der Waals surface area contributed by atoms with Crippen LogP contribution in [0.15, 0.2) is 36.5 Å². The van der Waals surface area contributed by atoms with E-state index in [2.05, 4.69) is 11.1 Å². The van der Waals surface area contributed by atoms with Crippen molar-refractivity contribution in [2.45, 2.75) is 37.6 Å². The molecule has 24 heavy (non-hydrogen) atoms. The molecule has 126 valence electrons. The van der Waals surface area contributed by atoms with Crippen LogP contribution in [0.3, 0.4) is 0 Å². The average Bonchev–Trinajstić information content (AvgIpc) is 3.39. The maximum absolute atomic E-state index is 11.6. The first kappa shape index (κ1) is 16.9. The Morgan fingerprint density at radius 1 is 1.38 bits per heavy atom. The van der Waals surface area contributed by atoms with E-state index in [0.717, 1.165) is 22.4 Å². The molecule has 3 rings (SSSR count).